The van der Waals surface area contributed by atoms with Crippen LogP contribution in [-0.4, -0.2) is 46.4 Å². The molecule has 0 aliphatic carbocycles. The molecule has 1 fully saturated rings. The average molecular weight is 489 g/mol. The molecule has 1 saturated heterocycles. The molecule has 0 amide bonds. The zero-order chi connectivity index (χ0) is 25.7. The van der Waals surface area contributed by atoms with Gasteiger partial charge in [-0.3, -0.25) is 0 Å². The van der Waals surface area contributed by atoms with Gasteiger partial charge in [-0.15, -0.1) is 5.10 Å². The molecule has 3 N–H and O–H groups in total. The molecule has 0 spiro atoms. The Morgan fingerprint density at radius 3 is 2.64 bits per heavy atom. The Morgan fingerprint density at radius 1 is 1.25 bits per heavy atom. The fourth-order valence-electron chi connectivity index (χ4n) is 4.19. The number of ether oxygens (including phenoxy) is 2. The van der Waals surface area contributed by atoms with Crippen LogP contribution in [0, 0.1) is 5.41 Å². The van der Waals surface area contributed by atoms with Gasteiger partial charge in [-0.25, -0.2) is 9.48 Å². The van der Waals surface area contributed by atoms with E-state index in [4.69, 9.17) is 14.9 Å². The van der Waals surface area contributed by atoms with E-state index in [1.54, 1.807) is 42.9 Å². The third-order valence-electron chi connectivity index (χ3n) is 5.98. The molecule has 2 aromatic carbocycles. The van der Waals surface area contributed by atoms with Crippen LogP contribution in [0.3, 0.4) is 0 Å². The summed E-state index contributed by atoms with van der Waals surface area (Å²) in [6.07, 6.45) is 4.40. The van der Waals surface area contributed by atoms with Crippen LogP contribution in [0.15, 0.2) is 43.0 Å². The number of allylic oxidation sites excluding steroid dienone is 1. The van der Waals surface area contributed by atoms with Gasteiger partial charge in [0.15, 0.2) is 5.82 Å². The van der Waals surface area contributed by atoms with Crippen LogP contribution in [0.4, 0.5) is 17.3 Å². The largest absolute Gasteiger partial charge is 0.462 e. The van der Waals surface area contributed by atoms with Crippen LogP contribution >= 0.6 is 0 Å². The molecular weight excluding hydrogens is 456 g/mol. The van der Waals surface area contributed by atoms with Crippen molar-refractivity contribution in [1.29, 1.82) is 5.41 Å². The van der Waals surface area contributed by atoms with Crippen LogP contribution in [0.1, 0.15) is 54.6 Å². The van der Waals surface area contributed by atoms with E-state index in [0.717, 1.165) is 59.5 Å². The summed E-state index contributed by atoms with van der Waals surface area (Å²) in [5, 5.41) is 19.4. The minimum atomic E-state index is -0.359. The monoisotopic (exact) mass is 488 g/mol. The first-order valence-corrected chi connectivity index (χ1v) is 12.1. The first kappa shape index (κ1) is 25.1. The molecule has 1 atom stereocenters. The van der Waals surface area contributed by atoms with Crippen molar-refractivity contribution in [2.45, 2.75) is 39.3 Å². The Kier molecular flexibility index (Phi) is 7.80. The summed E-state index contributed by atoms with van der Waals surface area (Å²) in [5.41, 5.74) is 5.25. The second kappa shape index (κ2) is 11.2. The summed E-state index contributed by atoms with van der Waals surface area (Å²) in [6.45, 7) is 8.91. The molecule has 3 aromatic rings. The molecule has 1 aliphatic heterocycles. The molecular formula is C27H32N6O3. The first-order chi connectivity index (χ1) is 17.4. The van der Waals surface area contributed by atoms with Crippen LogP contribution in [-0.2, 0) is 16.5 Å². The van der Waals surface area contributed by atoms with Crippen molar-refractivity contribution >= 4 is 35.1 Å². The van der Waals surface area contributed by atoms with Crippen molar-refractivity contribution in [2.24, 2.45) is 7.05 Å². The predicted molar refractivity (Wildman–Crippen MR) is 142 cm³/mol. The van der Waals surface area contributed by atoms with Crippen molar-refractivity contribution in [3.8, 4) is 11.4 Å². The smallest absolute Gasteiger partial charge is 0.338 e. The lowest BCUT2D eigenvalue weighted by Crippen LogP contribution is -2.27. The third-order valence-corrected chi connectivity index (χ3v) is 5.98. The van der Waals surface area contributed by atoms with Gasteiger partial charge in [0, 0.05) is 47.9 Å². The van der Waals surface area contributed by atoms with E-state index < -0.39 is 0 Å². The van der Waals surface area contributed by atoms with Crippen LogP contribution < -0.4 is 10.6 Å². The highest BCUT2D eigenvalue weighted by atomic mass is 16.5. The molecule has 9 nitrogen and oxygen atoms in total. The van der Waals surface area contributed by atoms with E-state index in [1.807, 2.05) is 19.1 Å². The van der Waals surface area contributed by atoms with Gasteiger partial charge in [0.25, 0.3) is 0 Å². The molecule has 9 heteroatoms. The second-order valence-electron chi connectivity index (χ2n) is 8.68. The van der Waals surface area contributed by atoms with Crippen molar-refractivity contribution < 1.29 is 14.3 Å². The molecule has 0 radical (unpaired) electrons. The number of carbonyl (C=O) groups is 1. The van der Waals surface area contributed by atoms with E-state index in [-0.39, 0.29) is 12.2 Å². The zero-order valence-corrected chi connectivity index (χ0v) is 20.9. The Labute approximate surface area is 211 Å². The number of nitrogens with one attached hydrogen (secondary N) is 3. The first-order valence-electron chi connectivity index (χ1n) is 12.1. The summed E-state index contributed by atoms with van der Waals surface area (Å²) < 4.78 is 12.5. The summed E-state index contributed by atoms with van der Waals surface area (Å²) in [6, 6.07) is 10.9. The molecule has 4 rings (SSSR count). The van der Waals surface area contributed by atoms with Crippen LogP contribution in [0.25, 0.3) is 17.0 Å². The van der Waals surface area contributed by atoms with Crippen LogP contribution in [0.2, 0.25) is 0 Å². The number of aromatic nitrogens is 3. The number of nitrogens with zero attached hydrogens (tertiary/aromatic N) is 3. The van der Waals surface area contributed by atoms with E-state index >= 15 is 0 Å². The van der Waals surface area contributed by atoms with Gasteiger partial charge < -0.3 is 25.5 Å². The summed E-state index contributed by atoms with van der Waals surface area (Å²) >= 11 is 0. The fraction of sp³-hybridized carbons (Fsp3) is 0.333. The second-order valence-corrected chi connectivity index (χ2v) is 8.68. The van der Waals surface area contributed by atoms with Gasteiger partial charge in [0.1, 0.15) is 6.23 Å². The molecule has 188 valence electrons. The molecule has 1 unspecified atom stereocenters. The van der Waals surface area contributed by atoms with Crippen molar-refractivity contribution in [1.82, 2.24) is 14.8 Å². The standard InChI is InChI=1S/C27H32N6O3/c1-5-35-26(34)19-11-9-18(10-12-19)25-31-27(33(4)32-25)30-22-14-13-21(20(16-28)24(22)17(2)3)29-23-8-6-7-15-36-23/h9-14,16,23,28-29H,2,5-8,15H2,1,3-4H3,(H,30,31,32). The van der Waals surface area contributed by atoms with E-state index in [9.17, 15) is 4.79 Å². The average Bonchev–Trinajstić information content (AvgIpc) is 3.25. The minimum absolute atomic E-state index is 0.0641. The van der Waals surface area contributed by atoms with Gasteiger partial charge in [0.2, 0.25) is 5.95 Å². The topological polar surface area (TPSA) is 114 Å². The quantitative estimate of drug-likeness (QED) is 0.274. The predicted octanol–water partition coefficient (Wildman–Crippen LogP) is 5.37. The van der Waals surface area contributed by atoms with E-state index in [1.165, 1.54) is 6.21 Å². The maximum atomic E-state index is 11.9. The number of benzene rings is 2. The summed E-state index contributed by atoms with van der Waals surface area (Å²) in [7, 11) is 1.81. The molecule has 36 heavy (non-hydrogen) atoms. The van der Waals surface area contributed by atoms with Gasteiger partial charge in [-0.2, -0.15) is 4.98 Å². The molecule has 0 bridgehead atoms. The van der Waals surface area contributed by atoms with Crippen molar-refractivity contribution in [2.75, 3.05) is 23.8 Å². The normalized spacial score (nSPS) is 15.2. The third kappa shape index (κ3) is 5.46. The zero-order valence-electron chi connectivity index (χ0n) is 20.9. The minimum Gasteiger partial charge on any atom is -0.462 e. The molecule has 1 aliphatic rings. The summed E-state index contributed by atoms with van der Waals surface area (Å²) in [4.78, 5) is 16.6. The maximum Gasteiger partial charge on any atom is 0.338 e. The SMILES string of the molecule is C=C(C)c1c(Nc2nc(-c3ccc(C(=O)OCC)cc3)nn2C)ccc(NC2CCCCO2)c1C=N. The van der Waals surface area contributed by atoms with Gasteiger partial charge >= 0.3 is 5.97 Å². The van der Waals surface area contributed by atoms with Gasteiger partial charge in [-0.05, 0) is 62.9 Å². The number of carbonyl (C=O) groups excluding carboxylic acids is 1. The van der Waals surface area contributed by atoms with Gasteiger partial charge in [-0.1, -0.05) is 18.7 Å². The lowest BCUT2D eigenvalue weighted by Gasteiger charge is -2.26. The number of hydrogen-bond donors (Lipinski definition) is 3. The summed E-state index contributed by atoms with van der Waals surface area (Å²) in [5.74, 6) is 0.698. The highest BCUT2D eigenvalue weighted by Crippen LogP contribution is 2.34. The number of aryl methyl sites for hydroxylation is 1. The number of esters is 1. The fourth-order valence-corrected chi connectivity index (χ4v) is 4.19. The Bertz CT molecular complexity index is 1260. The molecule has 1 aromatic heterocycles. The molecule has 2 heterocycles. The number of anilines is 3. The lowest BCUT2D eigenvalue weighted by molar-refractivity contribution is 0.0343. The van der Waals surface area contributed by atoms with Crippen molar-refractivity contribution in [3.05, 3.63) is 59.7 Å². The number of hydrogen-bond acceptors (Lipinski definition) is 8. The lowest BCUT2D eigenvalue weighted by atomic mass is 9.98. The Morgan fingerprint density at radius 2 is 2.00 bits per heavy atom. The Balaban J connectivity index is 1.60. The maximum absolute atomic E-state index is 11.9. The Hall–Kier alpha value is -3.98. The molecule has 0 saturated carbocycles. The van der Waals surface area contributed by atoms with Crippen LogP contribution in [0.5, 0.6) is 0 Å². The van der Waals surface area contributed by atoms with Crippen molar-refractivity contribution in [3.63, 3.8) is 0 Å². The van der Waals surface area contributed by atoms with Gasteiger partial charge in [0.05, 0.1) is 12.2 Å². The van der Waals surface area contributed by atoms with E-state index in [0.29, 0.717) is 23.9 Å². The number of rotatable bonds is 9. The van der Waals surface area contributed by atoms with E-state index in [2.05, 4.69) is 27.3 Å². The highest BCUT2D eigenvalue weighted by molar-refractivity contribution is 5.97. The highest BCUT2D eigenvalue weighted by Gasteiger charge is 2.19.